The number of nitrogens with zero attached hydrogens (tertiary/aromatic N) is 2. The van der Waals surface area contributed by atoms with Gasteiger partial charge in [-0.25, -0.2) is 0 Å². The van der Waals surface area contributed by atoms with Crippen LogP contribution in [-0.4, -0.2) is 33.0 Å². The Morgan fingerprint density at radius 1 is 1.09 bits per heavy atom. The molecule has 1 saturated heterocycles. The summed E-state index contributed by atoms with van der Waals surface area (Å²) in [5.41, 5.74) is 12.4. The lowest BCUT2D eigenvalue weighted by Gasteiger charge is -2.25. The van der Waals surface area contributed by atoms with Gasteiger partial charge in [0.05, 0.1) is 6.54 Å². The molecule has 0 unspecified atom stereocenters. The van der Waals surface area contributed by atoms with Gasteiger partial charge in [0.2, 0.25) is 0 Å². The number of nitrogens with two attached hydrogens (primary N) is 1. The Morgan fingerprint density at radius 2 is 1.91 bits per heavy atom. The number of hydrogen-bond donors (Lipinski definition) is 2. The minimum atomic E-state index is -0.681. The summed E-state index contributed by atoms with van der Waals surface area (Å²) < 4.78 is 11.7. The van der Waals surface area contributed by atoms with Gasteiger partial charge in [0, 0.05) is 63.9 Å². The lowest BCUT2D eigenvalue weighted by molar-refractivity contribution is 0.624. The predicted octanol–water partition coefficient (Wildman–Crippen LogP) is 4.64. The van der Waals surface area contributed by atoms with Gasteiger partial charge in [0.15, 0.2) is 0 Å². The third-order valence-corrected chi connectivity index (χ3v) is 6.92. The minimum Gasteiger partial charge on any atom is -0.398 e. The maximum Gasteiger partial charge on any atom is 0.0654 e. The van der Waals surface area contributed by atoms with E-state index in [2.05, 4.69) is 45.6 Å². The summed E-state index contributed by atoms with van der Waals surface area (Å²) in [5.74, 6) is 1.50. The highest BCUT2D eigenvalue weighted by atomic mass is 32.2. The average molecular weight is 445 g/mol. The molecule has 32 heavy (non-hydrogen) atoms. The molecule has 0 spiro atoms. The molecule has 0 bridgehead atoms. The third-order valence-electron chi connectivity index (χ3n) is 5.54. The van der Waals surface area contributed by atoms with E-state index in [0.29, 0.717) is 18.3 Å². The van der Waals surface area contributed by atoms with Gasteiger partial charge in [0.1, 0.15) is 0 Å². The number of aliphatic imine (C=N–C) groups is 1. The number of rotatable bonds is 7. The zero-order valence-electron chi connectivity index (χ0n) is 18.0. The topological polar surface area (TPSA) is 80.4 Å². The maximum absolute atomic E-state index is 11.7. The molecular weight excluding hydrogens is 416 g/mol. The van der Waals surface area contributed by atoms with Crippen molar-refractivity contribution in [3.05, 3.63) is 90.3 Å². The minimum absolute atomic E-state index is 0.307. The first-order valence-corrected chi connectivity index (χ1v) is 12.3. The smallest absolute Gasteiger partial charge is 0.0654 e. The first kappa shape index (κ1) is 22.0. The summed E-state index contributed by atoms with van der Waals surface area (Å²) >= 11 is 0. The molecule has 3 N–H and O–H groups in total. The lowest BCUT2D eigenvalue weighted by atomic mass is 9.99. The highest BCUT2D eigenvalue weighted by molar-refractivity contribution is 7.85. The Bertz CT molecular complexity index is 1100. The molecule has 0 amide bonds. The molecule has 3 aromatic rings. The monoisotopic (exact) mass is 444 g/mol. The standard InChI is InChI=1S/C26H28N4OS/c27-25(10-14-29-19-20-5-4-13-28-18-20)24-17-22(21-6-2-1-3-7-21)8-9-26(24)30-23-11-15-32(31)16-12-23/h1-10,13-14,17-18,23,30H,11-12,15-16,19,27H2. The molecule has 2 heterocycles. The summed E-state index contributed by atoms with van der Waals surface area (Å²) in [5, 5.41) is 3.64. The number of anilines is 1. The number of allylic oxidation sites excluding steroid dienone is 1. The second kappa shape index (κ2) is 10.9. The molecule has 6 heteroatoms. The molecule has 1 aliphatic rings. The van der Waals surface area contributed by atoms with Crippen LogP contribution in [0, 0.1) is 0 Å². The molecule has 0 atom stereocenters. The Kier molecular flexibility index (Phi) is 7.46. The van der Waals surface area contributed by atoms with Gasteiger partial charge in [0.25, 0.3) is 0 Å². The second-order valence-corrected chi connectivity index (χ2v) is 9.56. The molecule has 1 fully saturated rings. The first-order chi connectivity index (χ1) is 15.7. The SMILES string of the molecule is NC(=CC=NCc1cccnc1)c1cc(-c2ccccc2)ccc1NC1CCS(=O)CC1. The zero-order valence-corrected chi connectivity index (χ0v) is 18.8. The van der Waals surface area contributed by atoms with Crippen LogP contribution in [0.4, 0.5) is 5.69 Å². The number of pyridine rings is 1. The third kappa shape index (κ3) is 5.92. The summed E-state index contributed by atoms with van der Waals surface area (Å²) in [6.07, 6.45) is 8.98. The largest absolute Gasteiger partial charge is 0.398 e. The number of benzene rings is 2. The zero-order chi connectivity index (χ0) is 22.2. The number of aromatic nitrogens is 1. The van der Waals surface area contributed by atoms with Crippen LogP contribution in [0.3, 0.4) is 0 Å². The molecular formula is C26H28N4OS. The van der Waals surface area contributed by atoms with Gasteiger partial charge in [-0.05, 0) is 53.8 Å². The van der Waals surface area contributed by atoms with Crippen molar-refractivity contribution in [2.24, 2.45) is 10.7 Å². The van der Waals surface area contributed by atoms with Crippen LogP contribution in [0.5, 0.6) is 0 Å². The Balaban J connectivity index is 1.58. The van der Waals surface area contributed by atoms with Crippen LogP contribution < -0.4 is 11.1 Å². The van der Waals surface area contributed by atoms with Crippen LogP contribution in [0.15, 0.2) is 84.1 Å². The van der Waals surface area contributed by atoms with E-state index >= 15 is 0 Å². The van der Waals surface area contributed by atoms with E-state index in [1.165, 1.54) is 0 Å². The fraction of sp³-hybridized carbons (Fsp3) is 0.231. The van der Waals surface area contributed by atoms with Crippen molar-refractivity contribution in [1.29, 1.82) is 0 Å². The summed E-state index contributed by atoms with van der Waals surface area (Å²) in [6.45, 7) is 0.562. The maximum atomic E-state index is 11.7. The molecule has 0 saturated carbocycles. The Hall–Kier alpha value is -3.25. The van der Waals surface area contributed by atoms with Gasteiger partial charge in [-0.15, -0.1) is 0 Å². The van der Waals surface area contributed by atoms with E-state index in [0.717, 1.165) is 52.3 Å². The van der Waals surface area contributed by atoms with Gasteiger partial charge in [-0.2, -0.15) is 0 Å². The van der Waals surface area contributed by atoms with Gasteiger partial charge < -0.3 is 11.1 Å². The van der Waals surface area contributed by atoms with Crippen molar-refractivity contribution >= 4 is 28.4 Å². The Labute approximate surface area is 192 Å². The number of hydrogen-bond acceptors (Lipinski definition) is 5. The van der Waals surface area contributed by atoms with E-state index in [1.54, 1.807) is 12.4 Å². The molecule has 5 nitrogen and oxygen atoms in total. The molecule has 2 aromatic carbocycles. The van der Waals surface area contributed by atoms with Gasteiger partial charge >= 0.3 is 0 Å². The molecule has 1 aromatic heterocycles. The molecule has 4 rings (SSSR count). The van der Waals surface area contributed by atoms with Crippen LogP contribution >= 0.6 is 0 Å². The van der Waals surface area contributed by atoms with Crippen LogP contribution in [0.2, 0.25) is 0 Å². The summed E-state index contributed by atoms with van der Waals surface area (Å²) in [4.78, 5) is 8.58. The molecule has 0 aliphatic carbocycles. The fourth-order valence-corrected chi connectivity index (χ4v) is 5.05. The summed E-state index contributed by atoms with van der Waals surface area (Å²) in [6, 6.07) is 20.8. The van der Waals surface area contributed by atoms with Crippen molar-refractivity contribution in [3.63, 3.8) is 0 Å². The molecule has 1 aliphatic heterocycles. The van der Waals surface area contributed by atoms with Crippen LogP contribution in [-0.2, 0) is 17.3 Å². The van der Waals surface area contributed by atoms with E-state index in [4.69, 9.17) is 5.73 Å². The Morgan fingerprint density at radius 3 is 2.66 bits per heavy atom. The molecule has 0 radical (unpaired) electrons. The van der Waals surface area contributed by atoms with E-state index in [-0.39, 0.29) is 0 Å². The van der Waals surface area contributed by atoms with Crippen molar-refractivity contribution < 1.29 is 4.21 Å². The number of nitrogens with one attached hydrogen (secondary N) is 1. The summed E-state index contributed by atoms with van der Waals surface area (Å²) in [7, 11) is -0.681. The highest BCUT2D eigenvalue weighted by Crippen LogP contribution is 2.29. The van der Waals surface area contributed by atoms with E-state index in [1.807, 2.05) is 42.6 Å². The fourth-order valence-electron chi connectivity index (χ4n) is 3.75. The van der Waals surface area contributed by atoms with Crippen molar-refractivity contribution in [2.75, 3.05) is 16.8 Å². The predicted molar refractivity (Wildman–Crippen MR) is 135 cm³/mol. The van der Waals surface area contributed by atoms with Crippen LogP contribution in [0.25, 0.3) is 16.8 Å². The first-order valence-electron chi connectivity index (χ1n) is 10.8. The van der Waals surface area contributed by atoms with Crippen molar-refractivity contribution in [3.8, 4) is 11.1 Å². The average Bonchev–Trinajstić information content (AvgIpc) is 2.84. The quantitative estimate of drug-likeness (QED) is 0.520. The van der Waals surface area contributed by atoms with Gasteiger partial charge in [-0.3, -0.25) is 14.2 Å². The van der Waals surface area contributed by atoms with E-state index < -0.39 is 10.8 Å². The second-order valence-electron chi connectivity index (χ2n) is 7.87. The van der Waals surface area contributed by atoms with Crippen LogP contribution in [0.1, 0.15) is 24.0 Å². The van der Waals surface area contributed by atoms with Crippen molar-refractivity contribution in [1.82, 2.24) is 4.98 Å². The van der Waals surface area contributed by atoms with E-state index in [9.17, 15) is 4.21 Å². The lowest BCUT2D eigenvalue weighted by Crippen LogP contribution is -2.29. The molecule has 164 valence electrons. The normalized spacial score (nSPS) is 19.2. The van der Waals surface area contributed by atoms with Crippen molar-refractivity contribution in [2.45, 2.75) is 25.4 Å². The van der Waals surface area contributed by atoms with Gasteiger partial charge in [-0.1, -0.05) is 42.5 Å². The highest BCUT2D eigenvalue weighted by Gasteiger charge is 2.19.